The van der Waals surface area contributed by atoms with Crippen molar-refractivity contribution in [1.29, 1.82) is 0 Å². The van der Waals surface area contributed by atoms with Crippen LogP contribution in [0.5, 0.6) is 5.75 Å². The molecule has 0 spiro atoms. The van der Waals surface area contributed by atoms with E-state index in [1.165, 1.54) is 36.1 Å². The maximum Gasteiger partial charge on any atom is 0.255 e. The molecule has 1 atom stereocenters. The maximum atomic E-state index is 12.8. The first-order valence-corrected chi connectivity index (χ1v) is 10.7. The number of anilines is 1. The van der Waals surface area contributed by atoms with Crippen LogP contribution in [0.25, 0.3) is 0 Å². The van der Waals surface area contributed by atoms with Crippen molar-refractivity contribution >= 4 is 11.6 Å². The first kappa shape index (κ1) is 19.8. The molecular weight excluding hydrogens is 362 g/mol. The highest BCUT2D eigenvalue weighted by molar-refractivity contribution is 5.96. The number of rotatable bonds is 6. The van der Waals surface area contributed by atoms with Crippen LogP contribution >= 0.6 is 0 Å². The molecule has 1 unspecified atom stereocenters. The first-order chi connectivity index (χ1) is 14.2. The van der Waals surface area contributed by atoms with Gasteiger partial charge in [-0.1, -0.05) is 24.3 Å². The maximum absolute atomic E-state index is 12.8. The van der Waals surface area contributed by atoms with Crippen LogP contribution < -0.4 is 15.0 Å². The quantitative estimate of drug-likeness (QED) is 0.814. The van der Waals surface area contributed by atoms with E-state index in [0.29, 0.717) is 17.9 Å². The first-order valence-electron chi connectivity index (χ1n) is 10.7. The number of hydrogen-bond donors (Lipinski definition) is 1. The fraction of sp³-hybridized carbons (Fsp3) is 0.458. The third-order valence-electron chi connectivity index (χ3n) is 6.23. The molecule has 0 aromatic heterocycles. The van der Waals surface area contributed by atoms with Crippen molar-refractivity contribution in [3.63, 3.8) is 0 Å². The minimum Gasteiger partial charge on any atom is -0.496 e. The van der Waals surface area contributed by atoms with Crippen molar-refractivity contribution in [1.82, 2.24) is 10.2 Å². The number of fused-ring (bicyclic) bond motifs is 1. The molecule has 0 aliphatic carbocycles. The number of para-hydroxylation sites is 1. The van der Waals surface area contributed by atoms with E-state index in [1.54, 1.807) is 7.11 Å². The molecule has 29 heavy (non-hydrogen) atoms. The van der Waals surface area contributed by atoms with Crippen molar-refractivity contribution in [3.05, 3.63) is 59.2 Å². The van der Waals surface area contributed by atoms with Gasteiger partial charge in [-0.05, 0) is 68.1 Å². The molecule has 0 bridgehead atoms. The second kappa shape index (κ2) is 8.87. The Morgan fingerprint density at radius 2 is 1.90 bits per heavy atom. The highest BCUT2D eigenvalue weighted by atomic mass is 16.5. The fourth-order valence-electron chi connectivity index (χ4n) is 4.64. The SMILES string of the molecule is COc1ccccc1C(=O)NCC(c1ccc2c(c1)CCCN2C)N1CCCC1. The second-order valence-electron chi connectivity index (χ2n) is 8.08. The monoisotopic (exact) mass is 393 g/mol. The Kier molecular flexibility index (Phi) is 6.05. The van der Waals surface area contributed by atoms with Crippen molar-refractivity contribution in [2.75, 3.05) is 45.2 Å². The number of hydrogen-bond acceptors (Lipinski definition) is 4. The molecule has 1 N–H and O–H groups in total. The summed E-state index contributed by atoms with van der Waals surface area (Å²) >= 11 is 0. The van der Waals surface area contributed by atoms with E-state index < -0.39 is 0 Å². The van der Waals surface area contributed by atoms with Crippen LogP contribution in [0, 0.1) is 0 Å². The number of nitrogens with one attached hydrogen (secondary N) is 1. The molecule has 1 fully saturated rings. The van der Waals surface area contributed by atoms with Crippen LogP contribution in [0.3, 0.4) is 0 Å². The molecule has 5 nitrogen and oxygen atoms in total. The van der Waals surface area contributed by atoms with Gasteiger partial charge in [0.05, 0.1) is 18.7 Å². The summed E-state index contributed by atoms with van der Waals surface area (Å²) in [5, 5.41) is 3.17. The molecule has 2 aliphatic rings. The topological polar surface area (TPSA) is 44.8 Å². The number of carbonyl (C=O) groups excluding carboxylic acids is 1. The zero-order chi connectivity index (χ0) is 20.2. The smallest absolute Gasteiger partial charge is 0.255 e. The summed E-state index contributed by atoms with van der Waals surface area (Å²) in [6.45, 7) is 3.90. The highest BCUT2D eigenvalue weighted by Crippen LogP contribution is 2.32. The minimum absolute atomic E-state index is 0.0793. The summed E-state index contributed by atoms with van der Waals surface area (Å²) in [6.07, 6.45) is 4.79. The van der Waals surface area contributed by atoms with E-state index in [0.717, 1.165) is 26.1 Å². The van der Waals surface area contributed by atoms with E-state index in [9.17, 15) is 4.79 Å². The number of ether oxygens (including phenoxy) is 1. The molecule has 1 amide bonds. The lowest BCUT2D eigenvalue weighted by molar-refractivity contribution is 0.0935. The van der Waals surface area contributed by atoms with Gasteiger partial charge in [0, 0.05) is 25.8 Å². The Balaban J connectivity index is 1.54. The number of amides is 1. The van der Waals surface area contributed by atoms with Crippen molar-refractivity contribution in [2.24, 2.45) is 0 Å². The Labute approximate surface area is 173 Å². The van der Waals surface area contributed by atoms with Gasteiger partial charge in [0.2, 0.25) is 0 Å². The third-order valence-corrected chi connectivity index (χ3v) is 6.23. The number of nitrogens with zero attached hydrogens (tertiary/aromatic N) is 2. The molecule has 0 saturated carbocycles. The number of likely N-dealkylation sites (tertiary alicyclic amines) is 1. The van der Waals surface area contributed by atoms with Gasteiger partial charge in [0.15, 0.2) is 0 Å². The van der Waals surface area contributed by atoms with E-state index >= 15 is 0 Å². The molecule has 0 radical (unpaired) electrons. The molecule has 2 heterocycles. The lowest BCUT2D eigenvalue weighted by Gasteiger charge is -2.32. The highest BCUT2D eigenvalue weighted by Gasteiger charge is 2.26. The molecule has 154 valence electrons. The van der Waals surface area contributed by atoms with E-state index in [-0.39, 0.29) is 11.9 Å². The molecule has 2 aliphatic heterocycles. The van der Waals surface area contributed by atoms with Gasteiger partial charge in [-0.15, -0.1) is 0 Å². The summed E-state index contributed by atoms with van der Waals surface area (Å²) in [5.74, 6) is 0.531. The molecule has 5 heteroatoms. The number of aryl methyl sites for hydroxylation is 1. The summed E-state index contributed by atoms with van der Waals surface area (Å²) in [5.41, 5.74) is 4.67. The normalized spacial score (nSPS) is 17.7. The number of methoxy groups -OCH3 is 1. The summed E-state index contributed by atoms with van der Waals surface area (Å²) in [7, 11) is 3.77. The molecule has 4 rings (SSSR count). The van der Waals surface area contributed by atoms with Crippen LogP contribution in [0.2, 0.25) is 0 Å². The Hall–Kier alpha value is -2.53. The lowest BCUT2D eigenvalue weighted by Crippen LogP contribution is -2.37. The van der Waals surface area contributed by atoms with Crippen LogP contribution in [-0.2, 0) is 6.42 Å². The van der Waals surface area contributed by atoms with Crippen LogP contribution in [0.15, 0.2) is 42.5 Å². The summed E-state index contributed by atoms with van der Waals surface area (Å²) < 4.78 is 5.35. The molecule has 1 saturated heterocycles. The predicted molar refractivity (Wildman–Crippen MR) is 117 cm³/mol. The van der Waals surface area contributed by atoms with Gasteiger partial charge in [-0.3, -0.25) is 9.69 Å². The van der Waals surface area contributed by atoms with Crippen LogP contribution in [0.4, 0.5) is 5.69 Å². The van der Waals surface area contributed by atoms with Gasteiger partial charge < -0.3 is 15.0 Å². The van der Waals surface area contributed by atoms with E-state index in [2.05, 4.69) is 40.4 Å². The molecule has 2 aromatic rings. The zero-order valence-corrected chi connectivity index (χ0v) is 17.5. The van der Waals surface area contributed by atoms with Gasteiger partial charge in [0.1, 0.15) is 5.75 Å². The van der Waals surface area contributed by atoms with Crippen molar-refractivity contribution in [2.45, 2.75) is 31.7 Å². The van der Waals surface area contributed by atoms with Crippen LogP contribution in [-0.4, -0.2) is 51.1 Å². The second-order valence-corrected chi connectivity index (χ2v) is 8.08. The predicted octanol–water partition coefficient (Wildman–Crippen LogP) is 3.64. The van der Waals surface area contributed by atoms with E-state index in [4.69, 9.17) is 4.74 Å². The Morgan fingerprint density at radius 3 is 2.69 bits per heavy atom. The average Bonchev–Trinajstić information content (AvgIpc) is 3.28. The van der Waals surface area contributed by atoms with Gasteiger partial charge >= 0.3 is 0 Å². The Bertz CT molecular complexity index is 861. The Morgan fingerprint density at radius 1 is 1.10 bits per heavy atom. The van der Waals surface area contributed by atoms with Crippen molar-refractivity contribution in [3.8, 4) is 5.75 Å². The van der Waals surface area contributed by atoms with Crippen LogP contribution in [0.1, 0.15) is 46.8 Å². The van der Waals surface area contributed by atoms with Crippen molar-refractivity contribution < 1.29 is 9.53 Å². The minimum atomic E-state index is -0.0793. The summed E-state index contributed by atoms with van der Waals surface area (Å²) in [4.78, 5) is 17.7. The van der Waals surface area contributed by atoms with Gasteiger partial charge in [0.25, 0.3) is 5.91 Å². The largest absolute Gasteiger partial charge is 0.496 e. The van der Waals surface area contributed by atoms with Gasteiger partial charge in [-0.25, -0.2) is 0 Å². The fourth-order valence-corrected chi connectivity index (χ4v) is 4.64. The number of carbonyl (C=O) groups is 1. The summed E-state index contributed by atoms with van der Waals surface area (Å²) in [6, 6.07) is 14.5. The standard InChI is InChI=1S/C24H31N3O2/c1-26-13-7-8-18-16-19(11-12-21(18)26)22(27-14-5-6-15-27)17-25-24(28)20-9-3-4-10-23(20)29-2/h3-4,9-12,16,22H,5-8,13-15,17H2,1-2H3,(H,25,28). The average molecular weight is 394 g/mol. The lowest BCUT2D eigenvalue weighted by atomic mass is 9.96. The third kappa shape index (κ3) is 4.25. The van der Waals surface area contributed by atoms with E-state index in [1.807, 2.05) is 24.3 Å². The molecule has 2 aromatic carbocycles. The number of benzene rings is 2. The zero-order valence-electron chi connectivity index (χ0n) is 17.5. The van der Waals surface area contributed by atoms with Gasteiger partial charge in [-0.2, -0.15) is 0 Å². The molecular formula is C24H31N3O2.